The number of hydrogen-bond acceptors (Lipinski definition) is 6. The molecule has 166 valence electrons. The van der Waals surface area contributed by atoms with Crippen LogP contribution in [0, 0.1) is 0 Å². The quantitative estimate of drug-likeness (QED) is 0.614. The van der Waals surface area contributed by atoms with Crippen molar-refractivity contribution < 1.29 is 23.1 Å². The Hall–Kier alpha value is -3.33. The first kappa shape index (κ1) is 20.6. The number of rotatable bonds is 5. The van der Waals surface area contributed by atoms with Gasteiger partial charge in [0.1, 0.15) is 22.9 Å². The minimum absolute atomic E-state index is 0.0537. The molecule has 5 rings (SSSR count). The van der Waals surface area contributed by atoms with Crippen molar-refractivity contribution in [1.29, 1.82) is 0 Å². The van der Waals surface area contributed by atoms with E-state index in [1.807, 2.05) is 31.2 Å². The molecule has 2 aliphatic heterocycles. The van der Waals surface area contributed by atoms with E-state index in [2.05, 4.69) is 10.2 Å². The first-order valence-electron chi connectivity index (χ1n) is 10.5. The van der Waals surface area contributed by atoms with Gasteiger partial charge in [0.15, 0.2) is 9.84 Å². The summed E-state index contributed by atoms with van der Waals surface area (Å²) in [6.07, 6.45) is 0.388. The number of aromatic hydroxyl groups is 1. The largest absolute Gasteiger partial charge is 0.507 e. The van der Waals surface area contributed by atoms with Crippen molar-refractivity contribution in [3.8, 4) is 22.8 Å². The maximum Gasteiger partial charge on any atom is 0.273 e. The third-order valence-corrected chi connectivity index (χ3v) is 7.80. The van der Waals surface area contributed by atoms with Crippen molar-refractivity contribution in [2.24, 2.45) is 0 Å². The zero-order chi connectivity index (χ0) is 22.5. The van der Waals surface area contributed by atoms with E-state index in [4.69, 9.17) is 4.74 Å². The molecule has 1 amide bonds. The minimum atomic E-state index is -3.20. The van der Waals surface area contributed by atoms with E-state index in [0.717, 1.165) is 5.56 Å². The number of amides is 1. The molecule has 3 heterocycles. The number of aromatic amines is 1. The number of carbonyl (C=O) groups excluding carboxylic acids is 1. The van der Waals surface area contributed by atoms with Crippen molar-refractivity contribution >= 4 is 15.7 Å². The van der Waals surface area contributed by atoms with Gasteiger partial charge in [-0.2, -0.15) is 5.10 Å². The second-order valence-electron chi connectivity index (χ2n) is 8.06. The molecule has 2 N–H and O–H groups in total. The second-order valence-corrected chi connectivity index (χ2v) is 10.3. The summed E-state index contributed by atoms with van der Waals surface area (Å²) in [5, 5.41) is 17.6. The highest BCUT2D eigenvalue weighted by Gasteiger charge is 2.48. The van der Waals surface area contributed by atoms with Crippen LogP contribution in [0.15, 0.2) is 48.5 Å². The Morgan fingerprint density at radius 1 is 1.22 bits per heavy atom. The number of H-pyrrole nitrogens is 1. The lowest BCUT2D eigenvalue weighted by atomic mass is 9.95. The SMILES string of the molecule is CCOc1cccc([C@@H]2c3c(-c4ccccc4O)n[nH]c3C(=O)N2[C@@H]2CCS(=O)(=O)C2)c1. The van der Waals surface area contributed by atoms with Crippen LogP contribution in [0.3, 0.4) is 0 Å². The number of nitrogens with zero attached hydrogens (tertiary/aromatic N) is 2. The van der Waals surface area contributed by atoms with Crippen LogP contribution in [-0.4, -0.2) is 58.7 Å². The van der Waals surface area contributed by atoms with Gasteiger partial charge in [0.25, 0.3) is 5.91 Å². The fourth-order valence-corrected chi connectivity index (χ4v) is 6.40. The number of nitrogens with one attached hydrogen (secondary N) is 1. The molecule has 1 fully saturated rings. The van der Waals surface area contributed by atoms with E-state index in [0.29, 0.717) is 41.3 Å². The summed E-state index contributed by atoms with van der Waals surface area (Å²) < 4.78 is 30.1. The van der Waals surface area contributed by atoms with E-state index in [1.165, 1.54) is 0 Å². The third kappa shape index (κ3) is 3.33. The molecule has 0 saturated carbocycles. The fraction of sp³-hybridized carbons (Fsp3) is 0.304. The van der Waals surface area contributed by atoms with Crippen molar-refractivity contribution in [2.45, 2.75) is 25.4 Å². The predicted molar refractivity (Wildman–Crippen MR) is 118 cm³/mol. The Labute approximate surface area is 185 Å². The third-order valence-electron chi connectivity index (χ3n) is 6.05. The van der Waals surface area contributed by atoms with Crippen LogP contribution >= 0.6 is 0 Å². The van der Waals surface area contributed by atoms with Gasteiger partial charge in [-0.15, -0.1) is 0 Å². The molecule has 2 aromatic carbocycles. The summed E-state index contributed by atoms with van der Waals surface area (Å²) in [5.41, 5.74) is 2.73. The number of hydrogen-bond donors (Lipinski definition) is 2. The lowest BCUT2D eigenvalue weighted by Crippen LogP contribution is -2.40. The van der Waals surface area contributed by atoms with Crippen LogP contribution in [-0.2, 0) is 9.84 Å². The van der Waals surface area contributed by atoms with Crippen LogP contribution in [0.1, 0.15) is 41.0 Å². The molecule has 32 heavy (non-hydrogen) atoms. The van der Waals surface area contributed by atoms with E-state index in [1.54, 1.807) is 29.2 Å². The lowest BCUT2D eigenvalue weighted by Gasteiger charge is -2.31. The summed E-state index contributed by atoms with van der Waals surface area (Å²) in [7, 11) is -3.20. The fourth-order valence-electron chi connectivity index (χ4n) is 4.68. The maximum absolute atomic E-state index is 13.5. The monoisotopic (exact) mass is 453 g/mol. The minimum Gasteiger partial charge on any atom is -0.507 e. The summed E-state index contributed by atoms with van der Waals surface area (Å²) in [5.74, 6) is 0.425. The number of phenolic OH excluding ortho intramolecular Hbond substituents is 1. The van der Waals surface area contributed by atoms with Gasteiger partial charge in [0.05, 0.1) is 24.2 Å². The van der Waals surface area contributed by atoms with Crippen LogP contribution < -0.4 is 4.74 Å². The predicted octanol–water partition coefficient (Wildman–Crippen LogP) is 2.91. The first-order valence-corrected chi connectivity index (χ1v) is 12.3. The molecule has 0 spiro atoms. The highest BCUT2D eigenvalue weighted by molar-refractivity contribution is 7.91. The molecular weight excluding hydrogens is 430 g/mol. The molecule has 0 bridgehead atoms. The van der Waals surface area contributed by atoms with Crippen molar-refractivity contribution in [2.75, 3.05) is 18.1 Å². The van der Waals surface area contributed by atoms with E-state index in [9.17, 15) is 18.3 Å². The average molecular weight is 454 g/mol. The Kier molecular flexibility index (Phi) is 4.93. The van der Waals surface area contributed by atoms with Crippen molar-refractivity contribution in [3.05, 3.63) is 65.4 Å². The molecule has 0 radical (unpaired) electrons. The molecular formula is C23H23N3O5S. The zero-order valence-corrected chi connectivity index (χ0v) is 18.3. The number of para-hydroxylation sites is 1. The van der Waals surface area contributed by atoms with E-state index in [-0.39, 0.29) is 23.2 Å². The van der Waals surface area contributed by atoms with Crippen LogP contribution in [0.4, 0.5) is 0 Å². The van der Waals surface area contributed by atoms with Gasteiger partial charge >= 0.3 is 0 Å². The van der Waals surface area contributed by atoms with Gasteiger partial charge in [-0.1, -0.05) is 24.3 Å². The van der Waals surface area contributed by atoms with Gasteiger partial charge in [-0.05, 0) is 43.2 Å². The van der Waals surface area contributed by atoms with E-state index < -0.39 is 21.9 Å². The van der Waals surface area contributed by atoms with E-state index >= 15 is 0 Å². The van der Waals surface area contributed by atoms with Crippen molar-refractivity contribution in [1.82, 2.24) is 15.1 Å². The highest BCUT2D eigenvalue weighted by Crippen LogP contribution is 2.46. The average Bonchev–Trinajstić information content (AvgIpc) is 3.42. The number of phenols is 1. The Bertz CT molecular complexity index is 1300. The maximum atomic E-state index is 13.5. The van der Waals surface area contributed by atoms with Crippen LogP contribution in [0.25, 0.3) is 11.3 Å². The Morgan fingerprint density at radius 3 is 2.75 bits per heavy atom. The van der Waals surface area contributed by atoms with Crippen molar-refractivity contribution in [3.63, 3.8) is 0 Å². The first-order chi connectivity index (χ1) is 15.4. The molecule has 2 atom stereocenters. The highest BCUT2D eigenvalue weighted by atomic mass is 32.2. The molecule has 8 nitrogen and oxygen atoms in total. The Morgan fingerprint density at radius 2 is 2.03 bits per heavy atom. The Balaban J connectivity index is 1.69. The summed E-state index contributed by atoms with van der Waals surface area (Å²) >= 11 is 0. The van der Waals surface area contributed by atoms with Crippen LogP contribution in [0.2, 0.25) is 0 Å². The summed E-state index contributed by atoms with van der Waals surface area (Å²) in [6, 6.07) is 13.3. The second kappa shape index (κ2) is 7.67. The number of aromatic nitrogens is 2. The van der Waals surface area contributed by atoms with Gasteiger partial charge in [-0.25, -0.2) is 8.42 Å². The normalized spacial score (nSPS) is 21.7. The number of carbonyl (C=O) groups is 1. The zero-order valence-electron chi connectivity index (χ0n) is 17.5. The molecule has 1 aromatic heterocycles. The van der Waals surface area contributed by atoms with Gasteiger partial charge in [-0.3, -0.25) is 9.89 Å². The summed E-state index contributed by atoms with van der Waals surface area (Å²) in [6.45, 7) is 2.39. The molecule has 0 unspecified atom stereocenters. The van der Waals surface area contributed by atoms with Crippen LogP contribution in [0.5, 0.6) is 11.5 Å². The number of ether oxygens (including phenoxy) is 1. The molecule has 2 aliphatic rings. The standard InChI is InChI=1S/C23H23N3O5S/c1-2-31-16-7-5-6-14(12-16)22-19-20(17-8-3-4-9-18(17)27)24-25-21(19)23(28)26(22)15-10-11-32(29,30)13-15/h3-9,12,15,22,27H,2,10-11,13H2,1H3,(H,24,25)/t15-,22-/m1/s1. The summed E-state index contributed by atoms with van der Waals surface area (Å²) in [4.78, 5) is 15.1. The van der Waals surface area contributed by atoms with Gasteiger partial charge in [0, 0.05) is 17.2 Å². The smallest absolute Gasteiger partial charge is 0.273 e. The molecule has 1 saturated heterocycles. The molecule has 0 aliphatic carbocycles. The number of fused-ring (bicyclic) bond motifs is 1. The van der Waals surface area contributed by atoms with Gasteiger partial charge < -0.3 is 14.7 Å². The lowest BCUT2D eigenvalue weighted by molar-refractivity contribution is 0.0677. The number of benzene rings is 2. The van der Waals surface area contributed by atoms with Gasteiger partial charge in [0.2, 0.25) is 0 Å². The number of sulfone groups is 1. The molecule has 9 heteroatoms. The topological polar surface area (TPSA) is 113 Å². The molecule has 3 aromatic rings.